The molecule has 1 unspecified atom stereocenters. The van der Waals surface area contributed by atoms with Crippen molar-refractivity contribution in [2.45, 2.75) is 129 Å². The Hall–Kier alpha value is -0.130. The van der Waals surface area contributed by atoms with E-state index in [1.165, 1.54) is 77.0 Å². The van der Waals surface area contributed by atoms with Gasteiger partial charge in [0.25, 0.3) is 10.1 Å². The van der Waals surface area contributed by atoms with Gasteiger partial charge in [-0.25, -0.2) is 0 Å². The number of rotatable bonds is 20. The first-order chi connectivity index (χ1) is 12.5. The molecule has 0 amide bonds. The maximum absolute atomic E-state index is 10.6. The topological polar surface area (TPSA) is 74.6 Å². The second kappa shape index (κ2) is 18.2. The fourth-order valence-electron chi connectivity index (χ4n) is 3.44. The Morgan fingerprint density at radius 2 is 0.962 bits per heavy atom. The molecule has 0 aromatic rings. The fourth-order valence-corrected chi connectivity index (χ4v) is 4.01. The van der Waals surface area contributed by atoms with Gasteiger partial charge in [0.15, 0.2) is 0 Å². The molecule has 2 N–H and O–H groups in total. The van der Waals surface area contributed by atoms with Gasteiger partial charge >= 0.3 is 0 Å². The molecule has 0 rings (SSSR count). The van der Waals surface area contributed by atoms with Crippen LogP contribution in [0.25, 0.3) is 0 Å². The molecule has 0 radical (unpaired) electrons. The predicted molar refractivity (Wildman–Crippen MR) is 111 cm³/mol. The Kier molecular flexibility index (Phi) is 18.2. The van der Waals surface area contributed by atoms with Crippen LogP contribution in [-0.4, -0.2) is 29.9 Å². The van der Waals surface area contributed by atoms with E-state index in [1.54, 1.807) is 0 Å². The molecule has 1 atom stereocenters. The minimum Gasteiger partial charge on any atom is -0.393 e. The summed E-state index contributed by atoms with van der Waals surface area (Å²) in [5, 5.41) is 9.66. The second-order valence-electron chi connectivity index (χ2n) is 7.82. The van der Waals surface area contributed by atoms with Crippen molar-refractivity contribution in [3.63, 3.8) is 0 Å². The van der Waals surface area contributed by atoms with Crippen molar-refractivity contribution in [2.75, 3.05) is 5.75 Å². The number of aliphatic hydroxyl groups is 1. The van der Waals surface area contributed by atoms with Gasteiger partial charge in [-0.3, -0.25) is 4.55 Å². The zero-order valence-corrected chi connectivity index (χ0v) is 17.9. The zero-order valence-electron chi connectivity index (χ0n) is 17.1. The average molecular weight is 393 g/mol. The van der Waals surface area contributed by atoms with Gasteiger partial charge in [-0.2, -0.15) is 8.42 Å². The Morgan fingerprint density at radius 1 is 0.615 bits per heavy atom. The van der Waals surface area contributed by atoms with Gasteiger partial charge in [-0.15, -0.1) is 0 Å². The molecule has 0 aliphatic heterocycles. The molecule has 0 saturated heterocycles. The van der Waals surface area contributed by atoms with E-state index >= 15 is 0 Å². The monoisotopic (exact) mass is 392 g/mol. The van der Waals surface area contributed by atoms with E-state index in [1.807, 2.05) is 0 Å². The molecular weight excluding hydrogens is 348 g/mol. The van der Waals surface area contributed by atoms with Crippen molar-refractivity contribution in [3.8, 4) is 0 Å². The summed E-state index contributed by atoms with van der Waals surface area (Å²) in [6, 6.07) is 0. The molecule has 0 fully saturated rings. The lowest BCUT2D eigenvalue weighted by Crippen LogP contribution is -2.04. The van der Waals surface area contributed by atoms with Crippen molar-refractivity contribution < 1.29 is 18.1 Å². The molecule has 0 heterocycles. The highest BCUT2D eigenvalue weighted by molar-refractivity contribution is 7.85. The summed E-state index contributed by atoms with van der Waals surface area (Å²) in [7, 11) is -3.76. The lowest BCUT2D eigenvalue weighted by molar-refractivity contribution is 0.150. The van der Waals surface area contributed by atoms with Gasteiger partial charge in [0.1, 0.15) is 0 Å². The van der Waals surface area contributed by atoms with Crippen LogP contribution in [0.15, 0.2) is 0 Å². The van der Waals surface area contributed by atoms with E-state index in [0.29, 0.717) is 6.42 Å². The molecule has 0 saturated carbocycles. The molecule has 26 heavy (non-hydrogen) atoms. The standard InChI is InChI=1S/C21H44O4S/c1-2-18-21(22)19-16-14-12-10-8-6-4-3-5-7-9-11-13-15-17-20-26(23,24)25/h21-22H,2-20H2,1H3,(H,23,24,25). The maximum atomic E-state index is 10.6. The van der Waals surface area contributed by atoms with Crippen molar-refractivity contribution in [3.05, 3.63) is 0 Å². The first-order valence-electron chi connectivity index (χ1n) is 11.1. The van der Waals surface area contributed by atoms with Gasteiger partial charge < -0.3 is 5.11 Å². The number of aliphatic hydroxyl groups excluding tert-OH is 1. The molecule has 0 aliphatic carbocycles. The Balaban J connectivity index is 3.09. The quantitative estimate of drug-likeness (QED) is 0.189. The largest absolute Gasteiger partial charge is 0.393 e. The van der Waals surface area contributed by atoms with Gasteiger partial charge in [-0.05, 0) is 19.3 Å². The third-order valence-corrected chi connectivity index (χ3v) is 5.87. The van der Waals surface area contributed by atoms with E-state index in [-0.39, 0.29) is 11.9 Å². The summed E-state index contributed by atoms with van der Waals surface area (Å²) < 4.78 is 29.8. The van der Waals surface area contributed by atoms with Crippen LogP contribution in [0.4, 0.5) is 0 Å². The normalized spacial score (nSPS) is 13.2. The third-order valence-electron chi connectivity index (χ3n) is 5.06. The molecule has 0 aromatic heterocycles. The highest BCUT2D eigenvalue weighted by Gasteiger charge is 2.03. The van der Waals surface area contributed by atoms with Gasteiger partial charge in [0.05, 0.1) is 11.9 Å². The molecule has 4 nitrogen and oxygen atoms in total. The summed E-state index contributed by atoms with van der Waals surface area (Å²) >= 11 is 0. The summed E-state index contributed by atoms with van der Waals surface area (Å²) in [5.41, 5.74) is 0. The molecule has 5 heteroatoms. The Bertz CT molecular complexity index is 381. The molecule has 0 aromatic carbocycles. The summed E-state index contributed by atoms with van der Waals surface area (Å²) in [6.45, 7) is 2.13. The van der Waals surface area contributed by atoms with E-state index in [2.05, 4.69) is 6.92 Å². The molecular formula is C21H44O4S. The van der Waals surface area contributed by atoms with Crippen molar-refractivity contribution in [1.29, 1.82) is 0 Å². The highest BCUT2D eigenvalue weighted by Crippen LogP contribution is 2.14. The number of unbranched alkanes of at least 4 members (excludes halogenated alkanes) is 14. The summed E-state index contributed by atoms with van der Waals surface area (Å²) in [4.78, 5) is 0. The van der Waals surface area contributed by atoms with Gasteiger partial charge in [0, 0.05) is 0 Å². The number of hydrogen-bond acceptors (Lipinski definition) is 3. The SMILES string of the molecule is CCCC(O)CCCCCCCCCCCCCCCCCS(=O)(=O)O. The van der Waals surface area contributed by atoms with Crippen LogP contribution in [-0.2, 0) is 10.1 Å². The maximum Gasteiger partial charge on any atom is 0.264 e. The van der Waals surface area contributed by atoms with E-state index in [4.69, 9.17) is 4.55 Å². The van der Waals surface area contributed by atoms with E-state index < -0.39 is 10.1 Å². The first kappa shape index (κ1) is 25.9. The van der Waals surface area contributed by atoms with Crippen LogP contribution >= 0.6 is 0 Å². The van der Waals surface area contributed by atoms with Crippen molar-refractivity contribution in [2.24, 2.45) is 0 Å². The fraction of sp³-hybridized carbons (Fsp3) is 1.00. The zero-order chi connectivity index (χ0) is 19.5. The average Bonchev–Trinajstić information content (AvgIpc) is 2.57. The first-order valence-corrected chi connectivity index (χ1v) is 12.7. The second-order valence-corrected chi connectivity index (χ2v) is 9.39. The number of hydrogen-bond donors (Lipinski definition) is 2. The van der Waals surface area contributed by atoms with Gasteiger partial charge in [-0.1, -0.05) is 103 Å². The van der Waals surface area contributed by atoms with Crippen LogP contribution in [0.1, 0.15) is 122 Å². The van der Waals surface area contributed by atoms with Crippen LogP contribution < -0.4 is 0 Å². The Labute approximate surface area is 162 Å². The lowest BCUT2D eigenvalue weighted by Gasteiger charge is -2.08. The van der Waals surface area contributed by atoms with E-state index in [9.17, 15) is 13.5 Å². The minimum atomic E-state index is -3.76. The highest BCUT2D eigenvalue weighted by atomic mass is 32.2. The molecule has 0 spiro atoms. The summed E-state index contributed by atoms with van der Waals surface area (Å²) in [5.74, 6) is -0.0895. The van der Waals surface area contributed by atoms with Crippen molar-refractivity contribution in [1.82, 2.24) is 0 Å². The van der Waals surface area contributed by atoms with Crippen LogP contribution in [0.3, 0.4) is 0 Å². The molecule has 0 aliphatic rings. The Morgan fingerprint density at radius 3 is 1.31 bits per heavy atom. The third kappa shape index (κ3) is 21.9. The molecule has 158 valence electrons. The van der Waals surface area contributed by atoms with Crippen molar-refractivity contribution >= 4 is 10.1 Å². The predicted octanol–water partition coefficient (Wildman–Crippen LogP) is 6.28. The van der Waals surface area contributed by atoms with Gasteiger partial charge in [0.2, 0.25) is 0 Å². The van der Waals surface area contributed by atoms with Crippen LogP contribution in [0.2, 0.25) is 0 Å². The van der Waals surface area contributed by atoms with E-state index in [0.717, 1.165) is 32.1 Å². The smallest absolute Gasteiger partial charge is 0.264 e. The van der Waals surface area contributed by atoms with Crippen LogP contribution in [0.5, 0.6) is 0 Å². The molecule has 0 bridgehead atoms. The summed E-state index contributed by atoms with van der Waals surface area (Å²) in [6.07, 6.45) is 21.0. The lowest BCUT2D eigenvalue weighted by atomic mass is 10.0. The minimum absolute atomic E-state index is 0.0725. The van der Waals surface area contributed by atoms with Crippen LogP contribution in [0, 0.1) is 0 Å².